The Morgan fingerprint density at radius 1 is 1.00 bits per heavy atom. The highest BCUT2D eigenvalue weighted by Gasteiger charge is 2.21. The number of allylic oxidation sites excluding steroid dienone is 1. The van der Waals surface area contributed by atoms with Crippen LogP contribution in [0.5, 0.6) is 0 Å². The average Bonchev–Trinajstić information content (AvgIpc) is 2.67. The molecule has 1 fully saturated rings. The molecule has 1 aromatic rings. The number of esters is 1. The molecule has 1 aromatic carbocycles. The van der Waals surface area contributed by atoms with Gasteiger partial charge in [0.2, 0.25) is 0 Å². The van der Waals surface area contributed by atoms with Crippen molar-refractivity contribution in [2.45, 2.75) is 27.2 Å². The Morgan fingerprint density at radius 3 is 2.18 bits per heavy atom. The summed E-state index contributed by atoms with van der Waals surface area (Å²) in [5, 5.41) is 0. The van der Waals surface area contributed by atoms with Crippen molar-refractivity contribution in [1.82, 2.24) is 9.80 Å². The van der Waals surface area contributed by atoms with E-state index < -0.39 is 0 Å². The van der Waals surface area contributed by atoms with Gasteiger partial charge in [-0.25, -0.2) is 9.59 Å². The van der Waals surface area contributed by atoms with Crippen LogP contribution in [0.4, 0.5) is 4.79 Å². The van der Waals surface area contributed by atoms with Gasteiger partial charge < -0.3 is 14.4 Å². The summed E-state index contributed by atoms with van der Waals surface area (Å²) >= 11 is 0. The minimum Gasteiger partial charge on any atom is -0.463 e. The van der Waals surface area contributed by atoms with Crippen molar-refractivity contribution in [3.63, 3.8) is 0 Å². The fourth-order valence-corrected chi connectivity index (χ4v) is 3.03. The van der Waals surface area contributed by atoms with Gasteiger partial charge in [0.05, 0.1) is 13.2 Å². The largest absolute Gasteiger partial charge is 0.463 e. The normalized spacial score (nSPS) is 15.0. The molecule has 0 aromatic heterocycles. The maximum absolute atomic E-state index is 11.7. The fourth-order valence-electron chi connectivity index (χ4n) is 3.03. The third-order valence-electron chi connectivity index (χ3n) is 4.65. The quantitative estimate of drug-likeness (QED) is 0.509. The molecule has 28 heavy (non-hydrogen) atoms. The molecule has 0 saturated carbocycles. The number of hydrogen-bond acceptors (Lipinski definition) is 5. The third kappa shape index (κ3) is 7.52. The molecular formula is C21H31ClN2O4. The van der Waals surface area contributed by atoms with Crippen LogP contribution in [0, 0.1) is 0 Å². The van der Waals surface area contributed by atoms with Crippen molar-refractivity contribution in [3.8, 4) is 0 Å². The average molecular weight is 411 g/mol. The van der Waals surface area contributed by atoms with Crippen LogP contribution in [-0.4, -0.2) is 67.8 Å². The number of piperazine rings is 1. The zero-order valence-electron chi connectivity index (χ0n) is 17.0. The third-order valence-corrected chi connectivity index (χ3v) is 4.65. The van der Waals surface area contributed by atoms with Crippen LogP contribution in [0.15, 0.2) is 30.3 Å². The number of amides is 1. The molecule has 1 aliphatic rings. The van der Waals surface area contributed by atoms with Crippen LogP contribution in [0.2, 0.25) is 0 Å². The smallest absolute Gasteiger partial charge is 0.409 e. The van der Waals surface area contributed by atoms with E-state index in [9.17, 15) is 9.59 Å². The van der Waals surface area contributed by atoms with Gasteiger partial charge >= 0.3 is 12.1 Å². The molecule has 1 saturated heterocycles. The van der Waals surface area contributed by atoms with Crippen molar-refractivity contribution < 1.29 is 19.1 Å². The zero-order chi connectivity index (χ0) is 19.6. The molecule has 0 aliphatic carbocycles. The molecule has 0 unspecified atom stereocenters. The van der Waals surface area contributed by atoms with E-state index >= 15 is 0 Å². The Hall–Kier alpha value is -2.05. The first-order valence-electron chi connectivity index (χ1n) is 9.62. The van der Waals surface area contributed by atoms with E-state index in [1.54, 1.807) is 11.8 Å². The van der Waals surface area contributed by atoms with Gasteiger partial charge in [0, 0.05) is 38.8 Å². The van der Waals surface area contributed by atoms with Crippen LogP contribution >= 0.6 is 12.4 Å². The molecule has 6 nitrogen and oxygen atoms in total. The SMILES string of the molecule is CCOC(=O)/C=C(\C)c1ccc(CCN2CCN(C(=O)OCC)CC2)cc1.Cl. The van der Waals surface area contributed by atoms with Crippen molar-refractivity contribution in [1.29, 1.82) is 0 Å². The summed E-state index contributed by atoms with van der Waals surface area (Å²) in [5.41, 5.74) is 3.18. The zero-order valence-corrected chi connectivity index (χ0v) is 17.8. The number of ether oxygens (including phenoxy) is 2. The first-order chi connectivity index (χ1) is 13.0. The van der Waals surface area contributed by atoms with E-state index in [0.717, 1.165) is 50.3 Å². The van der Waals surface area contributed by atoms with Gasteiger partial charge in [-0.2, -0.15) is 0 Å². The molecule has 1 heterocycles. The van der Waals surface area contributed by atoms with Gasteiger partial charge in [0.25, 0.3) is 0 Å². The van der Waals surface area contributed by atoms with Crippen LogP contribution in [0.25, 0.3) is 5.57 Å². The predicted molar refractivity (Wildman–Crippen MR) is 113 cm³/mol. The van der Waals surface area contributed by atoms with E-state index in [1.165, 1.54) is 11.6 Å². The second kappa shape index (κ2) is 12.4. The fraction of sp³-hybridized carbons (Fsp3) is 0.524. The van der Waals surface area contributed by atoms with Crippen molar-refractivity contribution in [2.24, 2.45) is 0 Å². The molecule has 0 bridgehead atoms. The number of carbonyl (C=O) groups is 2. The number of halogens is 1. The minimum absolute atomic E-state index is 0. The number of benzene rings is 1. The molecule has 1 aliphatic heterocycles. The molecular weight excluding hydrogens is 380 g/mol. The standard InChI is InChI=1S/C21H30N2O4.ClH/c1-4-26-20(24)16-17(3)19-8-6-18(7-9-19)10-11-22-12-14-23(15-13-22)21(25)27-5-2;/h6-9,16H,4-5,10-15H2,1-3H3;1H/b17-16+;. The monoisotopic (exact) mass is 410 g/mol. The van der Waals surface area contributed by atoms with E-state index in [4.69, 9.17) is 9.47 Å². The first kappa shape index (κ1) is 24.0. The number of carbonyl (C=O) groups excluding carboxylic acids is 2. The van der Waals surface area contributed by atoms with E-state index in [0.29, 0.717) is 13.2 Å². The summed E-state index contributed by atoms with van der Waals surface area (Å²) in [6.45, 7) is 10.5. The predicted octanol–water partition coefficient (Wildman–Crippen LogP) is 3.39. The van der Waals surface area contributed by atoms with Crippen LogP contribution in [0.1, 0.15) is 31.9 Å². The Balaban J connectivity index is 0.00000392. The lowest BCUT2D eigenvalue weighted by molar-refractivity contribution is -0.137. The van der Waals surface area contributed by atoms with E-state index in [-0.39, 0.29) is 24.5 Å². The lowest BCUT2D eigenvalue weighted by Gasteiger charge is -2.34. The van der Waals surface area contributed by atoms with Gasteiger partial charge in [0.1, 0.15) is 0 Å². The van der Waals surface area contributed by atoms with Crippen molar-refractivity contribution in [2.75, 3.05) is 45.9 Å². The Morgan fingerprint density at radius 2 is 1.61 bits per heavy atom. The van der Waals surface area contributed by atoms with E-state index in [1.807, 2.05) is 26.0 Å². The summed E-state index contributed by atoms with van der Waals surface area (Å²) in [5.74, 6) is -0.305. The van der Waals surface area contributed by atoms with Gasteiger partial charge in [-0.3, -0.25) is 4.90 Å². The highest BCUT2D eigenvalue weighted by Crippen LogP contribution is 2.15. The first-order valence-corrected chi connectivity index (χ1v) is 9.62. The van der Waals surface area contributed by atoms with Gasteiger partial charge in [-0.15, -0.1) is 12.4 Å². The number of rotatable bonds is 7. The minimum atomic E-state index is -0.305. The summed E-state index contributed by atoms with van der Waals surface area (Å²) in [4.78, 5) is 27.4. The molecule has 0 radical (unpaired) electrons. The van der Waals surface area contributed by atoms with E-state index in [2.05, 4.69) is 17.0 Å². The Kier molecular flexibility index (Phi) is 10.6. The van der Waals surface area contributed by atoms with Crippen LogP contribution in [-0.2, 0) is 20.7 Å². The highest BCUT2D eigenvalue weighted by molar-refractivity contribution is 5.90. The highest BCUT2D eigenvalue weighted by atomic mass is 35.5. The number of hydrogen-bond donors (Lipinski definition) is 0. The molecule has 0 N–H and O–H groups in total. The maximum Gasteiger partial charge on any atom is 0.409 e. The second-order valence-electron chi connectivity index (χ2n) is 6.55. The summed E-state index contributed by atoms with van der Waals surface area (Å²) < 4.78 is 9.99. The van der Waals surface area contributed by atoms with Crippen molar-refractivity contribution in [3.05, 3.63) is 41.5 Å². The molecule has 1 amide bonds. The molecule has 156 valence electrons. The molecule has 0 spiro atoms. The Bertz CT molecular complexity index is 653. The van der Waals surface area contributed by atoms with Crippen molar-refractivity contribution >= 4 is 30.0 Å². The van der Waals surface area contributed by atoms with Crippen LogP contribution < -0.4 is 0 Å². The summed E-state index contributed by atoms with van der Waals surface area (Å²) in [7, 11) is 0. The summed E-state index contributed by atoms with van der Waals surface area (Å²) in [6, 6.07) is 8.29. The lowest BCUT2D eigenvalue weighted by atomic mass is 10.0. The maximum atomic E-state index is 11.7. The Labute approximate surface area is 173 Å². The summed E-state index contributed by atoms with van der Waals surface area (Å²) in [6.07, 6.45) is 2.28. The molecule has 0 atom stereocenters. The van der Waals surface area contributed by atoms with Gasteiger partial charge in [0.15, 0.2) is 0 Å². The lowest BCUT2D eigenvalue weighted by Crippen LogP contribution is -2.49. The van der Waals surface area contributed by atoms with Crippen LogP contribution in [0.3, 0.4) is 0 Å². The van der Waals surface area contributed by atoms with Gasteiger partial charge in [-0.05, 0) is 43.9 Å². The molecule has 2 rings (SSSR count). The topological polar surface area (TPSA) is 59.1 Å². The number of nitrogens with zero attached hydrogens (tertiary/aromatic N) is 2. The second-order valence-corrected chi connectivity index (χ2v) is 6.55. The molecule has 7 heteroatoms. The van der Waals surface area contributed by atoms with Gasteiger partial charge in [-0.1, -0.05) is 24.3 Å².